The lowest BCUT2D eigenvalue weighted by molar-refractivity contribution is -0.140. The number of fused-ring (bicyclic) bond motifs is 1. The molecule has 6 heteroatoms. The van der Waals surface area contributed by atoms with Crippen LogP contribution in [0, 0.1) is 0 Å². The quantitative estimate of drug-likeness (QED) is 0.594. The number of carbonyl (C=O) groups is 1. The summed E-state index contributed by atoms with van der Waals surface area (Å²) in [7, 11) is -2.95. The highest BCUT2D eigenvalue weighted by Crippen LogP contribution is 2.48. The van der Waals surface area contributed by atoms with E-state index in [0.29, 0.717) is 12.0 Å². The Balaban J connectivity index is 1.95. The highest BCUT2D eigenvalue weighted by Gasteiger charge is 2.58. The number of carboxylic acids is 1. The van der Waals surface area contributed by atoms with Crippen LogP contribution in [0.15, 0.2) is 60.7 Å². The zero-order valence-electron chi connectivity index (χ0n) is 12.8. The first kappa shape index (κ1) is 16.4. The van der Waals surface area contributed by atoms with Gasteiger partial charge in [0.1, 0.15) is 0 Å². The molecule has 2 aromatic carbocycles. The molecule has 0 amide bonds. The maximum absolute atomic E-state index is 12.0. The van der Waals surface area contributed by atoms with Gasteiger partial charge >= 0.3 is 19.2 Å². The second-order valence-corrected chi connectivity index (χ2v) is 7.00. The van der Waals surface area contributed by atoms with E-state index in [-0.39, 0.29) is 6.42 Å². The number of aliphatic carboxylic acids is 1. The summed E-state index contributed by atoms with van der Waals surface area (Å²) in [4.78, 5) is 25.0. The van der Waals surface area contributed by atoms with Gasteiger partial charge in [-0.1, -0.05) is 48.5 Å². The van der Waals surface area contributed by atoms with Crippen molar-refractivity contribution in [2.24, 2.45) is 0 Å². The molecule has 122 valence electrons. The van der Waals surface area contributed by atoms with Crippen LogP contribution in [0.3, 0.4) is 0 Å². The third kappa shape index (κ3) is 2.84. The summed E-state index contributed by atoms with van der Waals surface area (Å²) in [5, 5.41) is 8.93. The number of aromatic amines is 1. The van der Waals surface area contributed by atoms with Crippen molar-refractivity contribution >= 4 is 24.9 Å². The average molecular weight is 342 g/mol. The Kier molecular flexibility index (Phi) is 4.47. The molecule has 24 heavy (non-hydrogen) atoms. The normalized spacial score (nSPS) is 14.3. The van der Waals surface area contributed by atoms with Crippen LogP contribution in [-0.4, -0.2) is 21.0 Å². The summed E-state index contributed by atoms with van der Waals surface area (Å²) in [6.07, 6.45) is 0.391. The number of hydrogen-bond donors (Lipinski definition) is 3. The van der Waals surface area contributed by atoms with Crippen molar-refractivity contribution in [1.29, 1.82) is 0 Å². The lowest BCUT2D eigenvalue weighted by Gasteiger charge is -2.17. The summed E-state index contributed by atoms with van der Waals surface area (Å²) >= 11 is 0. The standard InChI is InChI=1S/C18H16NO4P/c20-17(21)18(24(22)23,14-7-2-1-3-8-14)11-10-15-12-13-6-4-5-9-16(13)19-15/h1-9,12,19H,10-11H2,(H-,20,21,22,23)/p+1. The first-order valence-corrected chi connectivity index (χ1v) is 8.77. The Morgan fingerprint density at radius 2 is 1.75 bits per heavy atom. The van der Waals surface area contributed by atoms with Crippen LogP contribution in [0.5, 0.6) is 0 Å². The fourth-order valence-corrected chi connectivity index (χ4v) is 3.80. The smallest absolute Gasteiger partial charge is 0.477 e. The number of H-pyrrole nitrogens is 1. The number of hydrogen-bond acceptors (Lipinski definition) is 2. The molecule has 0 saturated heterocycles. The van der Waals surface area contributed by atoms with Gasteiger partial charge in [-0.25, -0.2) is 4.79 Å². The molecule has 2 unspecified atom stereocenters. The summed E-state index contributed by atoms with van der Waals surface area (Å²) in [5.74, 6) is -1.28. The van der Waals surface area contributed by atoms with Gasteiger partial charge in [0.25, 0.3) is 0 Å². The minimum atomic E-state index is -2.95. The van der Waals surface area contributed by atoms with Crippen molar-refractivity contribution in [2.45, 2.75) is 18.0 Å². The van der Waals surface area contributed by atoms with E-state index in [0.717, 1.165) is 16.6 Å². The van der Waals surface area contributed by atoms with Crippen LogP contribution < -0.4 is 0 Å². The third-order valence-electron chi connectivity index (χ3n) is 4.27. The van der Waals surface area contributed by atoms with E-state index in [1.54, 1.807) is 30.3 Å². The van der Waals surface area contributed by atoms with E-state index < -0.39 is 19.2 Å². The third-order valence-corrected chi connectivity index (χ3v) is 5.60. The highest BCUT2D eigenvalue weighted by atomic mass is 31.1. The van der Waals surface area contributed by atoms with Gasteiger partial charge in [0.05, 0.1) is 0 Å². The number of aromatic nitrogens is 1. The van der Waals surface area contributed by atoms with Gasteiger partial charge in [0, 0.05) is 23.2 Å². The lowest BCUT2D eigenvalue weighted by Crippen LogP contribution is -2.33. The molecular weight excluding hydrogens is 325 g/mol. The van der Waals surface area contributed by atoms with Gasteiger partial charge in [-0.3, -0.25) is 0 Å². The first-order valence-electron chi connectivity index (χ1n) is 7.56. The fraction of sp³-hybridized carbons (Fsp3) is 0.167. The summed E-state index contributed by atoms with van der Waals surface area (Å²) in [5.41, 5.74) is 2.15. The van der Waals surface area contributed by atoms with Crippen LogP contribution in [-0.2, 0) is 20.9 Å². The molecule has 0 spiro atoms. The van der Waals surface area contributed by atoms with Crippen molar-refractivity contribution < 1.29 is 19.4 Å². The van der Waals surface area contributed by atoms with Gasteiger partial charge in [0.2, 0.25) is 0 Å². The van der Waals surface area contributed by atoms with Crippen molar-refractivity contribution in [2.75, 3.05) is 0 Å². The Labute approximate surface area is 139 Å². The zero-order valence-corrected chi connectivity index (χ0v) is 13.7. The van der Waals surface area contributed by atoms with Crippen LogP contribution in [0.2, 0.25) is 0 Å². The second-order valence-electron chi connectivity index (χ2n) is 5.69. The van der Waals surface area contributed by atoms with Crippen LogP contribution in [0.4, 0.5) is 0 Å². The van der Waals surface area contributed by atoms with Gasteiger partial charge in [-0.2, -0.15) is 4.89 Å². The number of rotatable bonds is 6. The number of aryl methyl sites for hydroxylation is 1. The molecule has 0 radical (unpaired) electrons. The van der Waals surface area contributed by atoms with E-state index >= 15 is 0 Å². The Morgan fingerprint density at radius 3 is 2.38 bits per heavy atom. The number of benzene rings is 2. The monoisotopic (exact) mass is 342 g/mol. The average Bonchev–Trinajstić information content (AvgIpc) is 2.98. The van der Waals surface area contributed by atoms with Gasteiger partial charge in [0.15, 0.2) is 0 Å². The minimum absolute atomic E-state index is 0.0326. The topological polar surface area (TPSA) is 90.4 Å². The maximum atomic E-state index is 12.0. The van der Waals surface area contributed by atoms with Gasteiger partial charge in [-0.05, 0) is 28.5 Å². The molecule has 0 saturated carbocycles. The second kappa shape index (κ2) is 6.56. The van der Waals surface area contributed by atoms with E-state index in [4.69, 9.17) is 0 Å². The van der Waals surface area contributed by atoms with E-state index in [1.165, 1.54) is 0 Å². The highest BCUT2D eigenvalue weighted by molar-refractivity contribution is 7.41. The van der Waals surface area contributed by atoms with E-state index in [9.17, 15) is 19.4 Å². The summed E-state index contributed by atoms with van der Waals surface area (Å²) in [6.45, 7) is 0. The number of para-hydroxylation sites is 1. The molecule has 0 aliphatic heterocycles. The SMILES string of the molecule is O=C(O)C(CCc1cc2ccccc2[nH]1)(c1ccccc1)[P+](=O)O. The van der Waals surface area contributed by atoms with E-state index in [1.807, 2.05) is 30.3 Å². The summed E-state index contributed by atoms with van der Waals surface area (Å²) in [6, 6.07) is 18.0. The predicted octanol–water partition coefficient (Wildman–Crippen LogP) is 3.82. The molecule has 0 bridgehead atoms. The van der Waals surface area contributed by atoms with Gasteiger partial charge in [-0.15, -0.1) is 0 Å². The Hall–Kier alpha value is -2.49. The molecule has 0 aliphatic rings. The molecule has 1 heterocycles. The molecule has 0 fully saturated rings. The Morgan fingerprint density at radius 1 is 1.08 bits per heavy atom. The van der Waals surface area contributed by atoms with Gasteiger partial charge < -0.3 is 10.1 Å². The molecule has 3 aromatic rings. The predicted molar refractivity (Wildman–Crippen MR) is 92.2 cm³/mol. The van der Waals surface area contributed by atoms with Crippen molar-refractivity contribution in [1.82, 2.24) is 4.98 Å². The largest absolute Gasteiger partial charge is 0.528 e. The zero-order chi connectivity index (χ0) is 17.2. The maximum Gasteiger partial charge on any atom is 0.528 e. The molecule has 2 atom stereocenters. The molecule has 3 rings (SSSR count). The number of nitrogens with one attached hydrogen (secondary N) is 1. The van der Waals surface area contributed by atoms with E-state index in [2.05, 4.69) is 4.98 Å². The van der Waals surface area contributed by atoms with Crippen molar-refractivity contribution in [3.8, 4) is 0 Å². The van der Waals surface area contributed by atoms with Crippen molar-refractivity contribution in [3.63, 3.8) is 0 Å². The summed E-state index contributed by atoms with van der Waals surface area (Å²) < 4.78 is 12.0. The lowest BCUT2D eigenvalue weighted by atomic mass is 9.92. The van der Waals surface area contributed by atoms with Crippen LogP contribution >= 0.6 is 8.03 Å². The fourth-order valence-electron chi connectivity index (χ4n) is 2.96. The number of carboxylic acid groups (broad SMARTS) is 1. The van der Waals surface area contributed by atoms with Crippen molar-refractivity contribution in [3.05, 3.63) is 71.9 Å². The first-order chi connectivity index (χ1) is 11.5. The Bertz CT molecular complexity index is 841. The van der Waals surface area contributed by atoms with Crippen LogP contribution in [0.1, 0.15) is 17.7 Å². The molecule has 5 nitrogen and oxygen atoms in total. The molecule has 3 N–H and O–H groups in total. The molecule has 1 aromatic heterocycles. The molecular formula is C18H17NO4P+. The molecule has 0 aliphatic carbocycles. The van der Waals surface area contributed by atoms with Crippen LogP contribution in [0.25, 0.3) is 10.9 Å². The minimum Gasteiger partial charge on any atom is -0.477 e.